The molecule has 11 nitrogen and oxygen atoms in total. The largest absolute Gasteiger partial charge is 0.497 e. The summed E-state index contributed by atoms with van der Waals surface area (Å²) >= 11 is 31.8. The number of halogens is 13. The van der Waals surface area contributed by atoms with E-state index in [4.69, 9.17) is 99.6 Å². The fourth-order valence-electron chi connectivity index (χ4n) is 3.79. The van der Waals surface area contributed by atoms with Crippen molar-refractivity contribution in [3.8, 4) is 5.75 Å². The number of methoxy groups -OCH3 is 1. The second-order valence-corrected chi connectivity index (χ2v) is 25.7. The van der Waals surface area contributed by atoms with Crippen LogP contribution in [0.2, 0.25) is 10.0 Å². The van der Waals surface area contributed by atoms with Gasteiger partial charge in [-0.15, -0.1) is 0 Å². The molecule has 0 fully saturated rings. The van der Waals surface area contributed by atoms with Gasteiger partial charge in [0.05, 0.1) is 7.11 Å². The molecule has 0 aliphatic rings. The number of benzene rings is 7. The van der Waals surface area contributed by atoms with Crippen LogP contribution < -0.4 is 4.74 Å². The Balaban J connectivity index is -0.000000778. The number of hydrogen-bond acceptors (Lipinski definition) is 11. The first kappa shape index (κ1) is 75.5. The average Bonchev–Trinajstić information content (AvgIpc) is 3.33. The minimum Gasteiger partial charge on any atom is -0.497 e. The highest BCUT2D eigenvalue weighted by Crippen LogP contribution is 2.13. The van der Waals surface area contributed by atoms with Crippen molar-refractivity contribution < 1.29 is 53.6 Å². The molecule has 0 saturated heterocycles. The van der Waals surface area contributed by atoms with Crippen LogP contribution in [0.1, 0.15) is 47.0 Å². The van der Waals surface area contributed by atoms with Crippen molar-refractivity contribution >= 4 is 179 Å². The van der Waals surface area contributed by atoms with Crippen molar-refractivity contribution in [1.82, 2.24) is 0 Å². The first-order valence-corrected chi connectivity index (χ1v) is 31.0. The minimum atomic E-state index is -3.72. The monoisotopic (exact) mass is 1330 g/mol. The van der Waals surface area contributed by atoms with Gasteiger partial charge in [-0.05, 0) is 138 Å². The summed E-state index contributed by atoms with van der Waals surface area (Å²) < 4.78 is 72.1. The first-order valence-electron chi connectivity index (χ1n) is 19.4. The van der Waals surface area contributed by atoms with Gasteiger partial charge in [-0.1, -0.05) is 144 Å². The summed E-state index contributed by atoms with van der Waals surface area (Å²) in [6, 6.07) is 58.5. The van der Waals surface area contributed by atoms with Gasteiger partial charge < -0.3 is 4.74 Å². The third-order valence-corrected chi connectivity index (χ3v) is 8.18. The first-order chi connectivity index (χ1) is 34.7. The molecular weight excluding hydrogens is 1290 g/mol. The van der Waals surface area contributed by atoms with Gasteiger partial charge in [-0.3, -0.25) is 19.2 Å². The summed E-state index contributed by atoms with van der Waals surface area (Å²) in [4.78, 5) is 41.9. The van der Waals surface area contributed by atoms with Crippen LogP contribution >= 0.6 is 134 Å². The Kier molecular flexibility index (Phi) is 44.6. The third kappa shape index (κ3) is 59.4. The van der Waals surface area contributed by atoms with Crippen LogP contribution in [-0.4, -0.2) is 53.3 Å². The molecule has 0 aromatic heterocycles. The second-order valence-electron chi connectivity index (χ2n) is 12.4. The zero-order chi connectivity index (χ0) is 58.0. The van der Waals surface area contributed by atoms with Crippen LogP contribution in [0.4, 0.5) is 4.39 Å². The number of ether oxygens (including phenoxy) is 1. The van der Waals surface area contributed by atoms with E-state index < -0.39 is 45.8 Å². The van der Waals surface area contributed by atoms with E-state index in [2.05, 4.69) is 83.2 Å². The zero-order valence-corrected chi connectivity index (χ0v) is 49.7. The van der Waals surface area contributed by atoms with E-state index >= 15 is 0 Å². The Hall–Kier alpha value is -3.72. The van der Waals surface area contributed by atoms with Gasteiger partial charge in [0, 0.05) is 96.4 Å². The number of carbonyl (C=O) groups excluding carboxylic acids is 4. The molecule has 0 radical (unpaired) electrons. The molecule has 0 atom stereocenters. The van der Waals surface area contributed by atoms with Crippen molar-refractivity contribution in [3.63, 3.8) is 0 Å². The SMILES string of the molecule is COc1ccc(C(=O)Cl)cc1.Cc1ccccc1.Clc1ccccc1.O=C(Cl)c1ccc(Cl)cc1.O=C(Cl)c1ccc(F)cc1.O=C(Cl)c1ccccc1.O=S(=O)(Cl)Cl.O=S(=O)(Cl)Cl.O=S(=O)(Cl)Cl.c1ccccc1. The molecular formula is C48H39Cl12FO11S3. The molecule has 75 heavy (non-hydrogen) atoms. The standard InChI is InChI=1S/C8H7ClO2.C7H4Cl2O.C7H4ClFO.C7H5ClO.C7H8.C6H5Cl.C6H6.3Cl2O2S/c1-11-7-4-2-6(3-5-7)8(9)10;8-6-3-1-5(2-4-6)7(9)10;8-7(10)5-1-3-6(9)4-2-5;8-7(9)6-4-2-1-3-5-6;1-7-5-3-2-4-6-7;7-6-4-2-1-3-5-6;1-2-4-6-5-3-1;3*1-5(2,3)4/h2-5H,1H3;2*1-4H;1-5H;2-6H,1H3;1-5H;1-6H;;;. The Morgan fingerprint density at radius 2 is 0.573 bits per heavy atom. The van der Waals surface area contributed by atoms with Gasteiger partial charge in [0.15, 0.2) is 0 Å². The zero-order valence-electron chi connectivity index (χ0n) is 38.2. The van der Waals surface area contributed by atoms with E-state index in [1.54, 1.807) is 79.9 Å². The number of hydrogen-bond donors (Lipinski definition) is 0. The summed E-state index contributed by atoms with van der Waals surface area (Å²) in [6.45, 7) is 2.08. The maximum atomic E-state index is 12.2. The maximum Gasteiger partial charge on any atom is 0.317 e. The van der Waals surface area contributed by atoms with Crippen LogP contribution in [0.5, 0.6) is 5.75 Å². The molecule has 406 valence electrons. The quantitative estimate of drug-likeness (QED) is 0.150. The van der Waals surface area contributed by atoms with Crippen molar-refractivity contribution in [2.45, 2.75) is 6.92 Å². The molecule has 7 aromatic carbocycles. The predicted octanol–water partition coefficient (Wildman–Crippen LogP) is 17.2. The Morgan fingerprint density at radius 1 is 0.360 bits per heavy atom. The Bertz CT molecular complexity index is 2780. The van der Waals surface area contributed by atoms with Crippen molar-refractivity contribution in [2.24, 2.45) is 0 Å². The van der Waals surface area contributed by atoms with Crippen LogP contribution in [-0.2, 0) is 24.8 Å². The number of aryl methyl sites for hydroxylation is 1. The summed E-state index contributed by atoms with van der Waals surface area (Å²) in [5.74, 6) is 0.341. The van der Waals surface area contributed by atoms with Gasteiger partial charge in [0.2, 0.25) is 0 Å². The highest BCUT2D eigenvalue weighted by Gasteiger charge is 2.01. The van der Waals surface area contributed by atoms with Crippen LogP contribution in [0.3, 0.4) is 0 Å². The Labute approximate surface area is 491 Å². The van der Waals surface area contributed by atoms with E-state index in [9.17, 15) is 23.6 Å². The topological polar surface area (TPSA) is 180 Å². The lowest BCUT2D eigenvalue weighted by Gasteiger charge is -1.98. The van der Waals surface area contributed by atoms with Gasteiger partial charge in [0.1, 0.15) is 11.6 Å². The minimum absolute atomic E-state index is 0.308. The summed E-state index contributed by atoms with van der Waals surface area (Å²) in [5.41, 5.74) is 3.11. The molecule has 0 saturated carbocycles. The van der Waals surface area contributed by atoms with E-state index in [1.807, 2.05) is 91.0 Å². The molecule has 0 aliphatic carbocycles. The summed E-state index contributed by atoms with van der Waals surface area (Å²) in [7, 11) is 16.0. The normalized spacial score (nSPS) is 9.53. The molecule has 0 aliphatic heterocycles. The lowest BCUT2D eigenvalue weighted by atomic mass is 10.2. The maximum absolute atomic E-state index is 12.2. The van der Waals surface area contributed by atoms with E-state index in [0.29, 0.717) is 33.0 Å². The number of rotatable bonds is 5. The van der Waals surface area contributed by atoms with E-state index in [-0.39, 0.29) is 5.82 Å². The molecule has 0 heterocycles. The molecule has 27 heteroatoms. The third-order valence-electron chi connectivity index (χ3n) is 6.80. The molecule has 7 rings (SSSR count). The molecule has 0 amide bonds. The second kappa shape index (κ2) is 44.3. The van der Waals surface area contributed by atoms with Gasteiger partial charge in [0.25, 0.3) is 21.0 Å². The Morgan fingerprint density at radius 3 is 0.787 bits per heavy atom. The van der Waals surface area contributed by atoms with E-state index in [0.717, 1.165) is 5.02 Å². The fourth-order valence-corrected chi connectivity index (χ4v) is 4.56. The van der Waals surface area contributed by atoms with Gasteiger partial charge in [-0.2, -0.15) is 25.3 Å². The predicted molar refractivity (Wildman–Crippen MR) is 309 cm³/mol. The smallest absolute Gasteiger partial charge is 0.317 e. The van der Waals surface area contributed by atoms with Gasteiger partial charge >= 0.3 is 24.8 Å². The fraction of sp³-hybridized carbons (Fsp3) is 0.0417. The van der Waals surface area contributed by atoms with Crippen LogP contribution in [0.15, 0.2) is 200 Å². The summed E-state index contributed by atoms with van der Waals surface area (Å²) in [5, 5.41) is -0.496. The molecule has 0 unspecified atom stereocenters. The van der Waals surface area contributed by atoms with Crippen LogP contribution in [0.25, 0.3) is 0 Å². The lowest BCUT2D eigenvalue weighted by molar-refractivity contribution is 0.107. The van der Waals surface area contributed by atoms with Crippen molar-refractivity contribution in [3.05, 3.63) is 244 Å². The van der Waals surface area contributed by atoms with E-state index in [1.165, 1.54) is 29.8 Å². The highest BCUT2D eigenvalue weighted by atomic mass is 36.0. The lowest BCUT2D eigenvalue weighted by Crippen LogP contribution is -1.88. The van der Waals surface area contributed by atoms with Gasteiger partial charge in [-0.25, -0.2) is 4.39 Å². The molecule has 0 bridgehead atoms. The van der Waals surface area contributed by atoms with Crippen molar-refractivity contribution in [1.29, 1.82) is 0 Å². The molecule has 7 aromatic rings. The highest BCUT2D eigenvalue weighted by molar-refractivity contribution is 8.32. The molecule has 0 spiro atoms. The molecule has 0 N–H and O–H groups in total. The number of carbonyl (C=O) groups is 4. The average molecular weight is 1330 g/mol. The van der Waals surface area contributed by atoms with Crippen molar-refractivity contribution in [2.75, 3.05) is 7.11 Å². The summed E-state index contributed by atoms with van der Waals surface area (Å²) in [6.07, 6.45) is 0. The van der Waals surface area contributed by atoms with Crippen LogP contribution in [0, 0.1) is 12.7 Å².